The van der Waals surface area contributed by atoms with E-state index in [4.69, 9.17) is 32.7 Å². The molecule has 2 amide bonds. The van der Waals surface area contributed by atoms with E-state index in [1.807, 2.05) is 0 Å². The number of halogens is 2. The number of nitrogens with one attached hydrogen (secondary N) is 1. The Kier molecular flexibility index (Phi) is 6.38. The van der Waals surface area contributed by atoms with Crippen LogP contribution in [0.4, 0.5) is 0 Å². The Labute approximate surface area is 153 Å². The number of carbonyl (C=O) groups excluding carboxylic acids is 3. The first kappa shape index (κ1) is 18.8. The van der Waals surface area contributed by atoms with Crippen molar-refractivity contribution in [2.75, 3.05) is 13.7 Å². The van der Waals surface area contributed by atoms with Crippen LogP contribution in [-0.4, -0.2) is 31.5 Å². The molecule has 2 rings (SSSR count). The maximum atomic E-state index is 12.1. The summed E-state index contributed by atoms with van der Waals surface area (Å²) >= 11 is 11.7. The lowest BCUT2D eigenvalue weighted by molar-refractivity contribution is -0.123. The second kappa shape index (κ2) is 8.50. The van der Waals surface area contributed by atoms with Crippen molar-refractivity contribution < 1.29 is 23.9 Å². The Morgan fingerprint density at radius 2 is 1.68 bits per heavy atom. The summed E-state index contributed by atoms with van der Waals surface area (Å²) in [5.41, 5.74) is 0.209. The molecule has 0 atom stereocenters. The maximum absolute atomic E-state index is 12.1. The highest BCUT2D eigenvalue weighted by molar-refractivity contribution is 6.43. The molecule has 25 heavy (non-hydrogen) atoms. The third-order valence-electron chi connectivity index (χ3n) is 3.11. The zero-order valence-electron chi connectivity index (χ0n) is 13.0. The number of para-hydroxylation sites is 1. The SMILES string of the molecule is COc1ccccc1C(=O)NC(=O)COC(=O)c1cccc(Cl)c1Cl. The Balaban J connectivity index is 1.95. The number of hydrogen-bond acceptors (Lipinski definition) is 5. The lowest BCUT2D eigenvalue weighted by Crippen LogP contribution is -2.34. The monoisotopic (exact) mass is 381 g/mol. The summed E-state index contributed by atoms with van der Waals surface area (Å²) in [5, 5.41) is 2.32. The minimum atomic E-state index is -0.826. The Bertz CT molecular complexity index is 822. The maximum Gasteiger partial charge on any atom is 0.340 e. The smallest absolute Gasteiger partial charge is 0.340 e. The van der Waals surface area contributed by atoms with Gasteiger partial charge in [0, 0.05) is 0 Å². The number of benzene rings is 2. The summed E-state index contributed by atoms with van der Waals surface area (Å²) in [4.78, 5) is 35.8. The largest absolute Gasteiger partial charge is 0.496 e. The van der Waals surface area contributed by atoms with Gasteiger partial charge in [0.2, 0.25) is 0 Å². The minimum absolute atomic E-state index is 0.0259. The van der Waals surface area contributed by atoms with Crippen LogP contribution in [-0.2, 0) is 9.53 Å². The van der Waals surface area contributed by atoms with Crippen molar-refractivity contribution in [3.63, 3.8) is 0 Å². The van der Waals surface area contributed by atoms with Crippen molar-refractivity contribution in [1.29, 1.82) is 0 Å². The predicted molar refractivity (Wildman–Crippen MR) is 92.2 cm³/mol. The van der Waals surface area contributed by atoms with E-state index in [1.54, 1.807) is 18.2 Å². The number of ether oxygens (including phenoxy) is 2. The lowest BCUT2D eigenvalue weighted by Gasteiger charge is -2.09. The zero-order valence-corrected chi connectivity index (χ0v) is 14.6. The first-order chi connectivity index (χ1) is 11.9. The van der Waals surface area contributed by atoms with E-state index >= 15 is 0 Å². The van der Waals surface area contributed by atoms with Crippen molar-refractivity contribution in [3.05, 3.63) is 63.6 Å². The molecule has 0 unspecified atom stereocenters. The molecule has 0 aromatic heterocycles. The van der Waals surface area contributed by atoms with Crippen LogP contribution in [0.5, 0.6) is 5.75 Å². The molecule has 0 heterocycles. The van der Waals surface area contributed by atoms with Gasteiger partial charge in [0.15, 0.2) is 6.61 Å². The molecule has 0 bridgehead atoms. The van der Waals surface area contributed by atoms with Gasteiger partial charge in [-0.1, -0.05) is 41.4 Å². The van der Waals surface area contributed by atoms with Gasteiger partial charge < -0.3 is 9.47 Å². The van der Waals surface area contributed by atoms with Gasteiger partial charge in [-0.3, -0.25) is 14.9 Å². The molecule has 0 saturated heterocycles. The molecule has 6 nitrogen and oxygen atoms in total. The van der Waals surface area contributed by atoms with E-state index in [2.05, 4.69) is 5.32 Å². The fourth-order valence-corrected chi connectivity index (χ4v) is 2.31. The van der Waals surface area contributed by atoms with Crippen molar-refractivity contribution in [2.45, 2.75) is 0 Å². The van der Waals surface area contributed by atoms with E-state index in [-0.39, 0.29) is 21.2 Å². The molecule has 0 saturated carbocycles. The molecular weight excluding hydrogens is 369 g/mol. The van der Waals surface area contributed by atoms with Crippen LogP contribution in [0.1, 0.15) is 20.7 Å². The number of rotatable bonds is 5. The highest BCUT2D eigenvalue weighted by Crippen LogP contribution is 2.26. The predicted octanol–water partition coefficient (Wildman–Crippen LogP) is 3.12. The molecule has 2 aromatic carbocycles. The summed E-state index contributed by atoms with van der Waals surface area (Å²) in [5.74, 6) is -1.97. The average molecular weight is 382 g/mol. The molecule has 0 aliphatic carbocycles. The molecule has 8 heteroatoms. The minimum Gasteiger partial charge on any atom is -0.496 e. The molecule has 0 spiro atoms. The van der Waals surface area contributed by atoms with E-state index in [0.29, 0.717) is 5.75 Å². The number of amides is 2. The molecule has 2 aromatic rings. The number of methoxy groups -OCH3 is 1. The second-order valence-electron chi connectivity index (χ2n) is 4.76. The van der Waals surface area contributed by atoms with Gasteiger partial charge in [-0.2, -0.15) is 0 Å². The molecule has 0 aliphatic heterocycles. The summed E-state index contributed by atoms with van der Waals surface area (Å²) < 4.78 is 9.89. The molecule has 1 N–H and O–H groups in total. The number of imide groups is 1. The lowest BCUT2D eigenvalue weighted by atomic mass is 10.2. The van der Waals surface area contributed by atoms with Crippen LogP contribution in [0, 0.1) is 0 Å². The summed E-state index contributed by atoms with van der Waals surface area (Å²) in [7, 11) is 1.41. The van der Waals surface area contributed by atoms with Crippen molar-refractivity contribution in [1.82, 2.24) is 5.32 Å². The van der Waals surface area contributed by atoms with Gasteiger partial charge in [-0.15, -0.1) is 0 Å². The fourth-order valence-electron chi connectivity index (χ4n) is 1.93. The Morgan fingerprint density at radius 3 is 2.40 bits per heavy atom. The van der Waals surface area contributed by atoms with Gasteiger partial charge in [0.25, 0.3) is 11.8 Å². The number of hydrogen-bond donors (Lipinski definition) is 1. The molecule has 0 radical (unpaired) electrons. The van der Waals surface area contributed by atoms with E-state index in [0.717, 1.165) is 0 Å². The van der Waals surface area contributed by atoms with Crippen molar-refractivity contribution >= 4 is 41.0 Å². The fraction of sp³-hybridized carbons (Fsp3) is 0.118. The van der Waals surface area contributed by atoms with Gasteiger partial charge in [0.05, 0.1) is 28.3 Å². The standard InChI is InChI=1S/C17H13Cl2NO5/c1-24-13-8-3-2-5-10(13)16(22)20-14(21)9-25-17(23)11-6-4-7-12(18)15(11)19/h2-8H,9H2,1H3,(H,20,21,22). The number of carbonyl (C=O) groups is 3. The van der Waals surface area contributed by atoms with Crippen LogP contribution in [0.3, 0.4) is 0 Å². The Hall–Kier alpha value is -2.57. The molecular formula is C17H13Cl2NO5. The molecule has 130 valence electrons. The van der Waals surface area contributed by atoms with Gasteiger partial charge in [-0.25, -0.2) is 4.79 Å². The number of esters is 1. The van der Waals surface area contributed by atoms with Crippen molar-refractivity contribution in [2.24, 2.45) is 0 Å². The van der Waals surface area contributed by atoms with Crippen LogP contribution in [0.25, 0.3) is 0 Å². The summed E-state index contributed by atoms with van der Waals surface area (Å²) in [6.45, 7) is -0.650. The Morgan fingerprint density at radius 1 is 1.00 bits per heavy atom. The summed E-state index contributed by atoms with van der Waals surface area (Å²) in [6, 6.07) is 10.8. The third kappa shape index (κ3) is 4.71. The first-order valence-corrected chi connectivity index (χ1v) is 7.78. The first-order valence-electron chi connectivity index (χ1n) is 7.02. The summed E-state index contributed by atoms with van der Waals surface area (Å²) in [6.07, 6.45) is 0. The van der Waals surface area contributed by atoms with Crippen LogP contribution in [0.2, 0.25) is 10.0 Å². The van der Waals surface area contributed by atoms with Gasteiger partial charge in [-0.05, 0) is 24.3 Å². The van der Waals surface area contributed by atoms with Crippen molar-refractivity contribution in [3.8, 4) is 5.75 Å². The van der Waals surface area contributed by atoms with Gasteiger partial charge >= 0.3 is 5.97 Å². The second-order valence-corrected chi connectivity index (χ2v) is 5.54. The van der Waals surface area contributed by atoms with Crippen LogP contribution >= 0.6 is 23.2 Å². The normalized spacial score (nSPS) is 10.0. The van der Waals surface area contributed by atoms with Crippen LogP contribution in [0.15, 0.2) is 42.5 Å². The van der Waals surface area contributed by atoms with Gasteiger partial charge in [0.1, 0.15) is 5.75 Å². The topological polar surface area (TPSA) is 81.7 Å². The zero-order chi connectivity index (χ0) is 18.4. The average Bonchev–Trinajstić information content (AvgIpc) is 2.61. The molecule has 0 aliphatic rings. The van der Waals surface area contributed by atoms with Crippen LogP contribution < -0.4 is 10.1 Å². The van der Waals surface area contributed by atoms with E-state index < -0.39 is 24.4 Å². The molecule has 0 fully saturated rings. The van der Waals surface area contributed by atoms with E-state index in [1.165, 1.54) is 31.4 Å². The quantitative estimate of drug-likeness (QED) is 0.804. The van der Waals surface area contributed by atoms with E-state index in [9.17, 15) is 14.4 Å². The highest BCUT2D eigenvalue weighted by Gasteiger charge is 2.18. The highest BCUT2D eigenvalue weighted by atomic mass is 35.5. The third-order valence-corrected chi connectivity index (χ3v) is 3.93.